The number of fused-ring (bicyclic) bond motifs is 1. The Labute approximate surface area is 144 Å². The maximum Gasteiger partial charge on any atom is 0.332 e. The standard InChI is InChI=1S/C16H23N5O4/c1-18-13-12(14(23)19(2)16(18)24)21(10-11(22)25-3)15(17-13)20-8-6-4-5-7-9-20/h4-10H2,1-3H3. The van der Waals surface area contributed by atoms with Crippen molar-refractivity contribution in [3.8, 4) is 0 Å². The summed E-state index contributed by atoms with van der Waals surface area (Å²) in [7, 11) is 4.30. The Morgan fingerprint density at radius 2 is 1.72 bits per heavy atom. The number of esters is 1. The van der Waals surface area contributed by atoms with Crippen LogP contribution >= 0.6 is 0 Å². The zero-order valence-corrected chi connectivity index (χ0v) is 14.8. The molecule has 0 radical (unpaired) electrons. The Morgan fingerprint density at radius 3 is 2.32 bits per heavy atom. The van der Waals surface area contributed by atoms with Gasteiger partial charge in [-0.3, -0.25) is 23.3 Å². The Hall–Kier alpha value is -2.58. The second-order valence-electron chi connectivity index (χ2n) is 6.35. The minimum atomic E-state index is -0.466. The highest BCUT2D eigenvalue weighted by molar-refractivity contribution is 5.78. The van der Waals surface area contributed by atoms with E-state index in [4.69, 9.17) is 4.74 Å². The number of hydrogen-bond acceptors (Lipinski definition) is 6. The first-order chi connectivity index (χ1) is 12.0. The molecule has 0 atom stereocenters. The van der Waals surface area contributed by atoms with Gasteiger partial charge >= 0.3 is 11.7 Å². The molecule has 0 unspecified atom stereocenters. The summed E-state index contributed by atoms with van der Waals surface area (Å²) in [6.07, 6.45) is 4.35. The molecule has 9 heteroatoms. The summed E-state index contributed by atoms with van der Waals surface area (Å²) in [6.45, 7) is 1.49. The van der Waals surface area contributed by atoms with Crippen molar-refractivity contribution in [3.05, 3.63) is 20.8 Å². The van der Waals surface area contributed by atoms with E-state index >= 15 is 0 Å². The van der Waals surface area contributed by atoms with Gasteiger partial charge in [-0.05, 0) is 12.8 Å². The third-order valence-electron chi connectivity index (χ3n) is 4.73. The van der Waals surface area contributed by atoms with Crippen molar-refractivity contribution < 1.29 is 9.53 Å². The predicted molar refractivity (Wildman–Crippen MR) is 92.9 cm³/mol. The minimum absolute atomic E-state index is 0.119. The molecule has 1 saturated heterocycles. The van der Waals surface area contributed by atoms with Crippen LogP contribution in [0.25, 0.3) is 11.2 Å². The molecular formula is C16H23N5O4. The van der Waals surface area contributed by atoms with Crippen molar-refractivity contribution in [2.45, 2.75) is 32.2 Å². The molecule has 0 amide bonds. The highest BCUT2D eigenvalue weighted by Gasteiger charge is 2.24. The SMILES string of the molecule is COC(=O)Cn1c(N2CCCCCC2)nc2c1c(=O)n(C)c(=O)n2C. The molecule has 2 aromatic rings. The molecule has 9 nitrogen and oxygen atoms in total. The van der Waals surface area contributed by atoms with Crippen LogP contribution in [0.15, 0.2) is 9.59 Å². The average Bonchev–Trinajstić information content (AvgIpc) is 2.79. The number of ether oxygens (including phenoxy) is 1. The van der Waals surface area contributed by atoms with Crippen LogP contribution in [0.1, 0.15) is 25.7 Å². The molecule has 136 valence electrons. The molecule has 1 fully saturated rings. The molecule has 0 saturated carbocycles. The highest BCUT2D eigenvalue weighted by atomic mass is 16.5. The topological polar surface area (TPSA) is 91.4 Å². The second-order valence-corrected chi connectivity index (χ2v) is 6.35. The molecule has 2 aromatic heterocycles. The van der Waals surface area contributed by atoms with Gasteiger partial charge in [0, 0.05) is 27.2 Å². The highest BCUT2D eigenvalue weighted by Crippen LogP contribution is 2.22. The van der Waals surface area contributed by atoms with Crippen LogP contribution < -0.4 is 16.1 Å². The number of aromatic nitrogens is 4. The Bertz CT molecular complexity index is 915. The lowest BCUT2D eigenvalue weighted by atomic mass is 10.2. The van der Waals surface area contributed by atoms with Crippen LogP contribution in [0.5, 0.6) is 0 Å². The van der Waals surface area contributed by atoms with Crippen molar-refractivity contribution >= 4 is 23.1 Å². The molecular weight excluding hydrogens is 326 g/mol. The van der Waals surface area contributed by atoms with E-state index in [2.05, 4.69) is 9.88 Å². The largest absolute Gasteiger partial charge is 0.468 e. The zero-order valence-electron chi connectivity index (χ0n) is 14.8. The summed E-state index contributed by atoms with van der Waals surface area (Å²) in [6, 6.07) is 0. The van der Waals surface area contributed by atoms with E-state index in [1.807, 2.05) is 0 Å². The van der Waals surface area contributed by atoms with Gasteiger partial charge in [-0.15, -0.1) is 0 Å². The van der Waals surface area contributed by atoms with Gasteiger partial charge in [0.2, 0.25) is 5.95 Å². The molecule has 0 aromatic carbocycles. The van der Waals surface area contributed by atoms with Gasteiger partial charge in [0.05, 0.1) is 7.11 Å². The van der Waals surface area contributed by atoms with Gasteiger partial charge in [-0.2, -0.15) is 4.98 Å². The summed E-state index contributed by atoms with van der Waals surface area (Å²) in [4.78, 5) is 43.4. The number of nitrogens with zero attached hydrogens (tertiary/aromatic N) is 5. The number of methoxy groups -OCH3 is 1. The lowest BCUT2D eigenvalue weighted by Gasteiger charge is -2.22. The van der Waals surface area contributed by atoms with Gasteiger partial charge < -0.3 is 9.64 Å². The maximum absolute atomic E-state index is 12.7. The number of hydrogen-bond donors (Lipinski definition) is 0. The summed E-state index contributed by atoms with van der Waals surface area (Å²) < 4.78 is 8.73. The van der Waals surface area contributed by atoms with Crippen molar-refractivity contribution in [1.82, 2.24) is 18.7 Å². The van der Waals surface area contributed by atoms with Gasteiger partial charge in [0.25, 0.3) is 5.56 Å². The molecule has 1 aliphatic rings. The number of aryl methyl sites for hydroxylation is 1. The summed E-state index contributed by atoms with van der Waals surface area (Å²) in [5.74, 6) is 0.0758. The molecule has 0 spiro atoms. The molecule has 0 N–H and O–H groups in total. The number of carbonyl (C=O) groups excluding carboxylic acids is 1. The van der Waals surface area contributed by atoms with Crippen LogP contribution in [0, 0.1) is 0 Å². The molecule has 25 heavy (non-hydrogen) atoms. The number of rotatable bonds is 3. The van der Waals surface area contributed by atoms with E-state index < -0.39 is 17.2 Å². The Kier molecular flexibility index (Phi) is 4.65. The lowest BCUT2D eigenvalue weighted by molar-refractivity contribution is -0.141. The van der Waals surface area contributed by atoms with Gasteiger partial charge in [-0.1, -0.05) is 12.8 Å². The van der Waals surface area contributed by atoms with Crippen molar-refractivity contribution in [3.63, 3.8) is 0 Å². The van der Waals surface area contributed by atoms with Gasteiger partial charge in [-0.25, -0.2) is 4.79 Å². The van der Waals surface area contributed by atoms with E-state index in [0.717, 1.165) is 43.3 Å². The van der Waals surface area contributed by atoms with Crippen LogP contribution in [0.3, 0.4) is 0 Å². The van der Waals surface area contributed by atoms with E-state index in [9.17, 15) is 14.4 Å². The maximum atomic E-state index is 12.7. The average molecular weight is 349 g/mol. The number of carbonyl (C=O) groups is 1. The van der Waals surface area contributed by atoms with Gasteiger partial charge in [0.15, 0.2) is 11.2 Å². The monoisotopic (exact) mass is 349 g/mol. The molecule has 1 aliphatic heterocycles. The summed E-state index contributed by atoms with van der Waals surface area (Å²) in [5.41, 5.74) is -0.372. The third kappa shape index (κ3) is 2.94. The Morgan fingerprint density at radius 1 is 1.08 bits per heavy atom. The lowest BCUT2D eigenvalue weighted by Crippen LogP contribution is -2.38. The molecule has 3 heterocycles. The first kappa shape index (κ1) is 17.2. The number of anilines is 1. The second kappa shape index (κ2) is 6.73. The predicted octanol–water partition coefficient (Wildman–Crippen LogP) is -0.0129. The Balaban J connectivity index is 2.28. The van der Waals surface area contributed by atoms with Crippen molar-refractivity contribution in [2.75, 3.05) is 25.1 Å². The number of imidazole rings is 1. The normalized spacial score (nSPS) is 15.4. The van der Waals surface area contributed by atoms with Crippen molar-refractivity contribution in [1.29, 1.82) is 0 Å². The fraction of sp³-hybridized carbons (Fsp3) is 0.625. The van der Waals surface area contributed by atoms with E-state index in [1.165, 1.54) is 18.7 Å². The van der Waals surface area contributed by atoms with E-state index in [1.54, 1.807) is 11.6 Å². The summed E-state index contributed by atoms with van der Waals surface area (Å²) >= 11 is 0. The molecule has 0 aliphatic carbocycles. The van der Waals surface area contributed by atoms with Crippen LogP contribution in [0.4, 0.5) is 5.95 Å². The van der Waals surface area contributed by atoms with Crippen molar-refractivity contribution in [2.24, 2.45) is 14.1 Å². The smallest absolute Gasteiger partial charge is 0.332 e. The molecule has 3 rings (SSSR count). The summed E-state index contributed by atoms with van der Waals surface area (Å²) in [5, 5.41) is 0. The first-order valence-electron chi connectivity index (χ1n) is 8.43. The quantitative estimate of drug-likeness (QED) is 0.724. The van der Waals surface area contributed by atoms with Crippen LogP contribution in [-0.2, 0) is 30.2 Å². The zero-order chi connectivity index (χ0) is 18.1. The fourth-order valence-electron chi connectivity index (χ4n) is 3.29. The third-order valence-corrected chi connectivity index (χ3v) is 4.73. The van der Waals surface area contributed by atoms with E-state index in [0.29, 0.717) is 5.95 Å². The minimum Gasteiger partial charge on any atom is -0.468 e. The van der Waals surface area contributed by atoms with Crippen LogP contribution in [0.2, 0.25) is 0 Å². The van der Waals surface area contributed by atoms with Crippen LogP contribution in [-0.4, -0.2) is 44.9 Å². The first-order valence-corrected chi connectivity index (χ1v) is 8.43. The van der Waals surface area contributed by atoms with Gasteiger partial charge in [0.1, 0.15) is 6.54 Å². The molecule has 0 bridgehead atoms. The fourth-order valence-corrected chi connectivity index (χ4v) is 3.29. The van der Waals surface area contributed by atoms with E-state index in [-0.39, 0.29) is 17.7 Å².